The highest BCUT2D eigenvalue weighted by Gasteiger charge is 2.27. The summed E-state index contributed by atoms with van der Waals surface area (Å²) in [4.78, 5) is 0. The molecule has 0 aliphatic heterocycles. The van der Waals surface area contributed by atoms with E-state index in [2.05, 4.69) is 53.7 Å². The van der Waals surface area contributed by atoms with E-state index < -0.39 is 0 Å². The lowest BCUT2D eigenvalue weighted by Crippen LogP contribution is -2.12. The molecular weight excluding hydrogens is 223 g/mol. The first-order valence-electron chi connectivity index (χ1n) is 6.63. The first kappa shape index (κ1) is 13.3. The molecule has 2 rings (SSSR count). The zero-order valence-electron chi connectivity index (χ0n) is 12.3. The second-order valence-electron chi connectivity index (χ2n) is 7.37. The van der Waals surface area contributed by atoms with Gasteiger partial charge in [0.15, 0.2) is 0 Å². The standard InChI is InChI=1S/C17H23F/c1-16(2,3)12-7-11-8-13(17(4,5)6)10-15(18)14(11)9-12/h7-8,10H,9H2,1-6H3. The second-order valence-corrected chi connectivity index (χ2v) is 7.37. The summed E-state index contributed by atoms with van der Waals surface area (Å²) in [6.07, 6.45) is 2.93. The minimum absolute atomic E-state index is 0.00576. The Hall–Kier alpha value is -1.11. The average molecular weight is 246 g/mol. The smallest absolute Gasteiger partial charge is 0.127 e. The molecule has 1 aliphatic carbocycles. The van der Waals surface area contributed by atoms with Crippen LogP contribution in [-0.2, 0) is 11.8 Å². The number of allylic oxidation sites excluding steroid dienone is 1. The molecule has 0 heterocycles. The van der Waals surface area contributed by atoms with Crippen LogP contribution >= 0.6 is 0 Å². The Morgan fingerprint density at radius 2 is 1.56 bits per heavy atom. The van der Waals surface area contributed by atoms with E-state index in [9.17, 15) is 4.39 Å². The van der Waals surface area contributed by atoms with E-state index in [1.54, 1.807) is 6.07 Å². The van der Waals surface area contributed by atoms with Gasteiger partial charge < -0.3 is 0 Å². The summed E-state index contributed by atoms with van der Waals surface area (Å²) in [6, 6.07) is 3.86. The van der Waals surface area contributed by atoms with Crippen molar-refractivity contribution in [2.45, 2.75) is 53.4 Å². The Bertz CT molecular complexity index is 508. The van der Waals surface area contributed by atoms with Gasteiger partial charge in [0, 0.05) is 0 Å². The molecule has 0 radical (unpaired) electrons. The Kier molecular flexibility index (Phi) is 2.92. The van der Waals surface area contributed by atoms with Crippen molar-refractivity contribution in [3.8, 4) is 0 Å². The van der Waals surface area contributed by atoms with E-state index in [-0.39, 0.29) is 16.6 Å². The van der Waals surface area contributed by atoms with Crippen molar-refractivity contribution < 1.29 is 4.39 Å². The van der Waals surface area contributed by atoms with Gasteiger partial charge in [-0.3, -0.25) is 0 Å². The third-order valence-corrected chi connectivity index (χ3v) is 3.76. The summed E-state index contributed by atoms with van der Waals surface area (Å²) in [6.45, 7) is 12.9. The minimum atomic E-state index is -0.0482. The van der Waals surface area contributed by atoms with Crippen LogP contribution in [0.15, 0.2) is 17.7 Å². The third kappa shape index (κ3) is 2.36. The number of halogens is 1. The normalized spacial score (nSPS) is 15.6. The molecule has 0 atom stereocenters. The molecule has 0 nitrogen and oxygen atoms in total. The van der Waals surface area contributed by atoms with Crippen molar-refractivity contribution in [3.63, 3.8) is 0 Å². The van der Waals surface area contributed by atoms with Gasteiger partial charge in [-0.2, -0.15) is 0 Å². The van der Waals surface area contributed by atoms with Crippen molar-refractivity contribution >= 4 is 6.08 Å². The molecule has 1 aromatic carbocycles. The highest BCUT2D eigenvalue weighted by atomic mass is 19.1. The van der Waals surface area contributed by atoms with Gasteiger partial charge in [-0.15, -0.1) is 0 Å². The van der Waals surface area contributed by atoms with Crippen LogP contribution in [0.5, 0.6) is 0 Å². The van der Waals surface area contributed by atoms with Crippen LogP contribution in [0.3, 0.4) is 0 Å². The number of rotatable bonds is 0. The lowest BCUT2D eigenvalue weighted by Gasteiger charge is -2.20. The number of hydrogen-bond donors (Lipinski definition) is 0. The highest BCUT2D eigenvalue weighted by Crippen LogP contribution is 2.39. The van der Waals surface area contributed by atoms with Crippen LogP contribution in [0.2, 0.25) is 0 Å². The molecular formula is C17H23F. The van der Waals surface area contributed by atoms with E-state index in [1.165, 1.54) is 5.57 Å². The maximum absolute atomic E-state index is 14.2. The van der Waals surface area contributed by atoms with Crippen molar-refractivity contribution in [1.82, 2.24) is 0 Å². The lowest BCUT2D eigenvalue weighted by atomic mass is 9.85. The van der Waals surface area contributed by atoms with E-state index in [0.717, 1.165) is 23.1 Å². The average Bonchev–Trinajstić information content (AvgIpc) is 2.59. The molecule has 0 unspecified atom stereocenters. The maximum Gasteiger partial charge on any atom is 0.127 e. The SMILES string of the molecule is CC(C)(C)C1=Cc2cc(C(C)(C)C)cc(F)c2C1. The molecule has 0 spiro atoms. The fraction of sp³-hybridized carbons (Fsp3) is 0.529. The first-order chi connectivity index (χ1) is 8.09. The minimum Gasteiger partial charge on any atom is -0.207 e. The fourth-order valence-corrected chi connectivity index (χ4v) is 2.32. The van der Waals surface area contributed by atoms with Crippen LogP contribution in [0.1, 0.15) is 58.2 Å². The van der Waals surface area contributed by atoms with Crippen LogP contribution in [-0.4, -0.2) is 0 Å². The molecule has 18 heavy (non-hydrogen) atoms. The van der Waals surface area contributed by atoms with Crippen LogP contribution in [0.4, 0.5) is 4.39 Å². The molecule has 1 heteroatoms. The summed E-state index contributed by atoms with van der Waals surface area (Å²) in [5.41, 5.74) is 4.45. The van der Waals surface area contributed by atoms with Gasteiger partial charge in [-0.05, 0) is 40.0 Å². The van der Waals surface area contributed by atoms with Gasteiger partial charge >= 0.3 is 0 Å². The van der Waals surface area contributed by atoms with Gasteiger partial charge in [0.2, 0.25) is 0 Å². The zero-order valence-corrected chi connectivity index (χ0v) is 12.3. The first-order valence-corrected chi connectivity index (χ1v) is 6.63. The Morgan fingerprint density at radius 3 is 2.06 bits per heavy atom. The van der Waals surface area contributed by atoms with Gasteiger partial charge in [0.25, 0.3) is 0 Å². The molecule has 0 saturated carbocycles. The third-order valence-electron chi connectivity index (χ3n) is 3.76. The zero-order chi connectivity index (χ0) is 13.7. The van der Waals surface area contributed by atoms with Crippen molar-refractivity contribution in [2.75, 3.05) is 0 Å². The van der Waals surface area contributed by atoms with Crippen LogP contribution in [0.25, 0.3) is 6.08 Å². The van der Waals surface area contributed by atoms with E-state index in [0.29, 0.717) is 0 Å². The van der Waals surface area contributed by atoms with E-state index >= 15 is 0 Å². The van der Waals surface area contributed by atoms with Crippen molar-refractivity contribution in [1.29, 1.82) is 0 Å². The topological polar surface area (TPSA) is 0 Å². The van der Waals surface area contributed by atoms with Gasteiger partial charge in [-0.25, -0.2) is 4.39 Å². The number of hydrogen-bond acceptors (Lipinski definition) is 0. The van der Waals surface area contributed by atoms with Gasteiger partial charge in [0.1, 0.15) is 5.82 Å². The summed E-state index contributed by atoms with van der Waals surface area (Å²) in [5, 5.41) is 0. The molecule has 0 bridgehead atoms. The largest absolute Gasteiger partial charge is 0.207 e. The predicted octanol–water partition coefficient (Wildman–Crippen LogP) is 5.11. The van der Waals surface area contributed by atoms with Gasteiger partial charge in [-0.1, -0.05) is 59.3 Å². The fourth-order valence-electron chi connectivity index (χ4n) is 2.32. The number of fused-ring (bicyclic) bond motifs is 1. The molecule has 0 fully saturated rings. The second kappa shape index (κ2) is 3.94. The van der Waals surface area contributed by atoms with Crippen LogP contribution in [0, 0.1) is 11.2 Å². The maximum atomic E-state index is 14.2. The predicted molar refractivity (Wildman–Crippen MR) is 76.2 cm³/mol. The summed E-state index contributed by atoms with van der Waals surface area (Å²) >= 11 is 0. The van der Waals surface area contributed by atoms with E-state index in [4.69, 9.17) is 0 Å². The Labute approximate surface area is 110 Å². The molecule has 0 saturated heterocycles. The lowest BCUT2D eigenvalue weighted by molar-refractivity contribution is 0.495. The molecule has 0 N–H and O–H groups in total. The molecule has 98 valence electrons. The molecule has 1 aliphatic rings. The monoisotopic (exact) mass is 246 g/mol. The van der Waals surface area contributed by atoms with Crippen molar-refractivity contribution in [3.05, 3.63) is 40.2 Å². The van der Waals surface area contributed by atoms with E-state index in [1.807, 2.05) is 0 Å². The molecule has 0 aromatic heterocycles. The molecule has 1 aromatic rings. The summed E-state index contributed by atoms with van der Waals surface area (Å²) in [7, 11) is 0. The Morgan fingerprint density at radius 1 is 0.944 bits per heavy atom. The summed E-state index contributed by atoms with van der Waals surface area (Å²) in [5.74, 6) is -0.0482. The van der Waals surface area contributed by atoms with Crippen LogP contribution < -0.4 is 0 Å². The number of benzene rings is 1. The molecule has 0 amide bonds. The Balaban J connectivity index is 2.50. The summed E-state index contributed by atoms with van der Waals surface area (Å²) < 4.78 is 14.2. The van der Waals surface area contributed by atoms with Crippen molar-refractivity contribution in [2.24, 2.45) is 5.41 Å². The quantitative estimate of drug-likeness (QED) is 0.597. The van der Waals surface area contributed by atoms with Gasteiger partial charge in [0.05, 0.1) is 0 Å². The highest BCUT2D eigenvalue weighted by molar-refractivity contribution is 5.66.